The van der Waals surface area contributed by atoms with Crippen molar-refractivity contribution in [2.75, 3.05) is 26.7 Å². The highest BCUT2D eigenvalue weighted by Crippen LogP contribution is 2.25. The van der Waals surface area contributed by atoms with Crippen LogP contribution in [0.25, 0.3) is 0 Å². The molecular weight excluding hydrogens is 443 g/mol. The number of aliphatic imine (C=N–C) groups is 1. The fraction of sp³-hybridized carbons (Fsp3) is 0.579. The normalized spacial score (nSPS) is 13.9. The highest BCUT2D eigenvalue weighted by Gasteiger charge is 2.11. The van der Waals surface area contributed by atoms with E-state index in [4.69, 9.17) is 4.74 Å². The van der Waals surface area contributed by atoms with Crippen LogP contribution in [-0.4, -0.2) is 44.7 Å². The number of carbonyl (C=O) groups is 1. The van der Waals surface area contributed by atoms with E-state index < -0.39 is 0 Å². The fourth-order valence-corrected chi connectivity index (χ4v) is 2.68. The summed E-state index contributed by atoms with van der Waals surface area (Å²) in [6.07, 6.45) is 3.30. The molecule has 2 rings (SSSR count). The van der Waals surface area contributed by atoms with Crippen LogP contribution in [0.4, 0.5) is 0 Å². The Morgan fingerprint density at radius 3 is 2.81 bits per heavy atom. The largest absolute Gasteiger partial charge is 0.493 e. The number of nitrogens with one attached hydrogen (secondary N) is 3. The third-order valence-corrected chi connectivity index (χ3v) is 4.35. The van der Waals surface area contributed by atoms with Crippen molar-refractivity contribution >= 4 is 35.8 Å². The van der Waals surface area contributed by atoms with E-state index in [0.29, 0.717) is 13.0 Å². The summed E-state index contributed by atoms with van der Waals surface area (Å²) >= 11 is 0. The smallest absolute Gasteiger partial charge is 0.221 e. The second-order valence-corrected chi connectivity index (χ2v) is 6.34. The molecule has 6 nitrogen and oxygen atoms in total. The Morgan fingerprint density at radius 2 is 2.08 bits per heavy atom. The zero-order valence-electron chi connectivity index (χ0n) is 15.9. The Balaban J connectivity index is 0.00000338. The highest BCUT2D eigenvalue weighted by molar-refractivity contribution is 14.0. The topological polar surface area (TPSA) is 74.8 Å². The molecule has 1 aromatic rings. The van der Waals surface area contributed by atoms with Gasteiger partial charge in [0.2, 0.25) is 5.91 Å². The van der Waals surface area contributed by atoms with Gasteiger partial charge in [-0.3, -0.25) is 9.79 Å². The zero-order valence-corrected chi connectivity index (χ0v) is 18.3. The summed E-state index contributed by atoms with van der Waals surface area (Å²) in [5, 5.41) is 9.42. The molecule has 1 aliphatic rings. The molecule has 1 amide bonds. The Labute approximate surface area is 173 Å². The molecule has 26 heavy (non-hydrogen) atoms. The van der Waals surface area contributed by atoms with Crippen LogP contribution in [-0.2, 0) is 17.6 Å². The average Bonchev–Trinajstić information content (AvgIpc) is 3.08. The van der Waals surface area contributed by atoms with E-state index in [9.17, 15) is 4.79 Å². The van der Waals surface area contributed by atoms with E-state index in [0.717, 1.165) is 44.1 Å². The first-order chi connectivity index (χ1) is 12.1. The molecule has 0 aromatic heterocycles. The lowest BCUT2D eigenvalue weighted by Crippen LogP contribution is -2.41. The lowest BCUT2D eigenvalue weighted by molar-refractivity contribution is -0.121. The van der Waals surface area contributed by atoms with Crippen molar-refractivity contribution in [3.05, 3.63) is 29.3 Å². The van der Waals surface area contributed by atoms with E-state index >= 15 is 0 Å². The summed E-state index contributed by atoms with van der Waals surface area (Å²) in [7, 11) is 1.74. The summed E-state index contributed by atoms with van der Waals surface area (Å²) in [4.78, 5) is 15.9. The summed E-state index contributed by atoms with van der Waals surface area (Å²) in [5.74, 6) is 1.81. The molecule has 0 aliphatic carbocycles. The summed E-state index contributed by atoms with van der Waals surface area (Å²) in [6, 6.07) is 6.61. The van der Waals surface area contributed by atoms with E-state index in [1.807, 2.05) is 6.92 Å². The molecule has 0 spiro atoms. The predicted octanol–water partition coefficient (Wildman–Crippen LogP) is 2.25. The van der Waals surface area contributed by atoms with Gasteiger partial charge in [0.25, 0.3) is 0 Å². The van der Waals surface area contributed by atoms with Crippen molar-refractivity contribution in [1.29, 1.82) is 0 Å². The van der Waals surface area contributed by atoms with Crippen LogP contribution < -0.4 is 20.7 Å². The minimum atomic E-state index is 0. The first kappa shape index (κ1) is 22.5. The van der Waals surface area contributed by atoms with Crippen LogP contribution in [0.3, 0.4) is 0 Å². The maximum absolute atomic E-state index is 11.8. The Bertz CT molecular complexity index is 607. The van der Waals surface area contributed by atoms with E-state index in [1.165, 1.54) is 11.1 Å². The molecule has 3 N–H and O–H groups in total. The van der Waals surface area contributed by atoms with Gasteiger partial charge in [0.1, 0.15) is 5.75 Å². The van der Waals surface area contributed by atoms with Crippen LogP contribution in [0.1, 0.15) is 37.8 Å². The van der Waals surface area contributed by atoms with Crippen molar-refractivity contribution in [3.8, 4) is 5.75 Å². The molecule has 7 heteroatoms. The van der Waals surface area contributed by atoms with Crippen LogP contribution in [0.2, 0.25) is 0 Å². The number of rotatable bonds is 8. The quantitative estimate of drug-likeness (QED) is 0.307. The van der Waals surface area contributed by atoms with Crippen molar-refractivity contribution in [2.45, 2.75) is 45.6 Å². The predicted molar refractivity (Wildman–Crippen MR) is 117 cm³/mol. The van der Waals surface area contributed by atoms with Gasteiger partial charge in [-0.25, -0.2) is 0 Å². The molecule has 146 valence electrons. The van der Waals surface area contributed by atoms with E-state index in [-0.39, 0.29) is 35.9 Å². The van der Waals surface area contributed by atoms with Crippen LogP contribution in [0.5, 0.6) is 5.75 Å². The Kier molecular flexibility index (Phi) is 10.4. The highest BCUT2D eigenvalue weighted by atomic mass is 127. The maximum Gasteiger partial charge on any atom is 0.221 e. The minimum absolute atomic E-state index is 0. The van der Waals surface area contributed by atoms with Crippen molar-refractivity contribution in [2.24, 2.45) is 4.99 Å². The van der Waals surface area contributed by atoms with Gasteiger partial charge in [-0.05, 0) is 37.0 Å². The van der Waals surface area contributed by atoms with Gasteiger partial charge in [0.05, 0.1) is 6.61 Å². The van der Waals surface area contributed by atoms with E-state index in [1.54, 1.807) is 7.05 Å². The Morgan fingerprint density at radius 1 is 1.31 bits per heavy atom. The van der Waals surface area contributed by atoms with Gasteiger partial charge in [-0.1, -0.05) is 19.1 Å². The minimum Gasteiger partial charge on any atom is -0.493 e. The van der Waals surface area contributed by atoms with Crippen molar-refractivity contribution < 1.29 is 9.53 Å². The van der Waals surface area contributed by atoms with Gasteiger partial charge in [0.15, 0.2) is 5.96 Å². The van der Waals surface area contributed by atoms with Crippen molar-refractivity contribution in [3.63, 3.8) is 0 Å². The second kappa shape index (κ2) is 12.0. The molecule has 0 bridgehead atoms. The maximum atomic E-state index is 11.8. The number of benzene rings is 1. The van der Waals surface area contributed by atoms with E-state index in [2.05, 4.69) is 46.1 Å². The number of hydrogen-bond acceptors (Lipinski definition) is 3. The third kappa shape index (κ3) is 7.39. The second-order valence-electron chi connectivity index (χ2n) is 6.34. The molecule has 1 aromatic carbocycles. The monoisotopic (exact) mass is 474 g/mol. The number of nitrogens with zero attached hydrogens (tertiary/aromatic N) is 1. The van der Waals surface area contributed by atoms with Crippen LogP contribution in [0.15, 0.2) is 23.2 Å². The summed E-state index contributed by atoms with van der Waals surface area (Å²) in [5.41, 5.74) is 2.59. The average molecular weight is 474 g/mol. The van der Waals surface area contributed by atoms with Gasteiger partial charge < -0.3 is 20.7 Å². The number of ether oxygens (including phenoxy) is 1. The molecule has 0 saturated heterocycles. The molecule has 0 radical (unpaired) electrons. The fourth-order valence-electron chi connectivity index (χ4n) is 2.68. The molecule has 1 heterocycles. The Hall–Kier alpha value is -1.51. The van der Waals surface area contributed by atoms with Crippen molar-refractivity contribution in [1.82, 2.24) is 16.0 Å². The van der Waals surface area contributed by atoms with Gasteiger partial charge in [-0.2, -0.15) is 0 Å². The number of halogens is 1. The summed E-state index contributed by atoms with van der Waals surface area (Å²) in [6.45, 7) is 6.22. The lowest BCUT2D eigenvalue weighted by Gasteiger charge is -2.14. The van der Waals surface area contributed by atoms with Gasteiger partial charge in [-0.15, -0.1) is 24.0 Å². The summed E-state index contributed by atoms with van der Waals surface area (Å²) < 4.78 is 5.53. The number of hydrogen-bond donors (Lipinski definition) is 3. The molecule has 1 unspecified atom stereocenters. The molecule has 0 fully saturated rings. The van der Waals surface area contributed by atoms with Crippen LogP contribution in [0, 0.1) is 0 Å². The SMILES string of the molecule is CCC(C)NC(=O)CCNC(=NC)NCCc1ccc2c(c1)CCO2.I. The number of guanidine groups is 1. The lowest BCUT2D eigenvalue weighted by atomic mass is 10.1. The zero-order chi connectivity index (χ0) is 18.1. The first-order valence-corrected chi connectivity index (χ1v) is 9.10. The molecule has 1 atom stereocenters. The van der Waals surface area contributed by atoms with Gasteiger partial charge >= 0.3 is 0 Å². The third-order valence-electron chi connectivity index (χ3n) is 4.35. The number of carbonyl (C=O) groups excluding carboxylic acids is 1. The molecule has 1 aliphatic heterocycles. The van der Waals surface area contributed by atoms with Crippen LogP contribution >= 0.6 is 24.0 Å². The standard InChI is InChI=1S/C19H30N4O2.HI/c1-4-14(2)23-18(24)8-11-22-19(20-3)21-10-7-15-5-6-17-16(13-15)9-12-25-17;/h5-6,13-14H,4,7-12H2,1-3H3,(H,23,24)(H2,20,21,22);1H. The number of amides is 1. The number of fused-ring (bicyclic) bond motifs is 1. The first-order valence-electron chi connectivity index (χ1n) is 9.10. The van der Waals surface area contributed by atoms with Gasteiger partial charge in [0, 0.05) is 39.0 Å². The molecule has 0 saturated carbocycles. The molecular formula is C19H31IN4O2.